The van der Waals surface area contributed by atoms with Gasteiger partial charge in [0.15, 0.2) is 0 Å². The second-order valence-electron chi connectivity index (χ2n) is 8.69. The maximum absolute atomic E-state index is 10.8. The molecular weight excluding hydrogens is 340 g/mol. The van der Waals surface area contributed by atoms with Gasteiger partial charge in [0.05, 0.1) is 10.2 Å². The number of aromatic nitrogens is 1. The fourth-order valence-electron chi connectivity index (χ4n) is 2.92. The normalized spacial score (nSPS) is 13.0. The molecule has 0 atom stereocenters. The molecule has 0 unspecified atom stereocenters. The Morgan fingerprint density at radius 1 is 0.962 bits per heavy atom. The molecule has 1 N–H and O–H groups in total. The number of fused-ring (bicyclic) bond motifs is 1. The Bertz CT molecular complexity index is 904. The van der Waals surface area contributed by atoms with Crippen LogP contribution in [0.5, 0.6) is 5.75 Å². The van der Waals surface area contributed by atoms with Crippen molar-refractivity contribution in [3.8, 4) is 5.75 Å². The van der Waals surface area contributed by atoms with E-state index in [4.69, 9.17) is 0 Å². The number of hydrogen-bond acceptors (Lipinski definition) is 4. The number of hydrogen-bond donors (Lipinski definition) is 1. The average molecular weight is 367 g/mol. The summed E-state index contributed by atoms with van der Waals surface area (Å²) in [6, 6.07) is 12.1. The van der Waals surface area contributed by atoms with Crippen molar-refractivity contribution in [1.82, 2.24) is 4.98 Å². The fraction of sp³-hybridized carbons (Fsp3) is 0.364. The molecule has 1 aromatic heterocycles. The van der Waals surface area contributed by atoms with E-state index >= 15 is 0 Å². The zero-order valence-corrected chi connectivity index (χ0v) is 17.1. The Hall–Kier alpha value is -2.20. The third kappa shape index (κ3) is 3.80. The van der Waals surface area contributed by atoms with E-state index in [-0.39, 0.29) is 10.8 Å². The molecule has 0 aliphatic carbocycles. The Balaban J connectivity index is 2.06. The number of phenolic OH excluding ortho intramolecular Hbond substituents is 1. The number of rotatable bonds is 2. The third-order valence-corrected chi connectivity index (χ3v) is 5.30. The van der Waals surface area contributed by atoms with Crippen LogP contribution in [0.3, 0.4) is 0 Å². The Labute approximate surface area is 159 Å². The zero-order chi connectivity index (χ0) is 19.1. The fourth-order valence-corrected chi connectivity index (χ4v) is 3.73. The first-order valence-corrected chi connectivity index (χ1v) is 9.65. The largest absolute Gasteiger partial charge is 0.507 e. The van der Waals surface area contributed by atoms with Gasteiger partial charge < -0.3 is 5.11 Å². The first-order chi connectivity index (χ1) is 12.1. The Morgan fingerprint density at radius 2 is 1.54 bits per heavy atom. The molecule has 0 aliphatic rings. The van der Waals surface area contributed by atoms with Crippen LogP contribution in [0.4, 0.5) is 5.13 Å². The minimum absolute atomic E-state index is 0.149. The summed E-state index contributed by atoms with van der Waals surface area (Å²) in [7, 11) is 0. The summed E-state index contributed by atoms with van der Waals surface area (Å²) in [5.74, 6) is 0.391. The average Bonchev–Trinajstić information content (AvgIpc) is 2.94. The van der Waals surface area contributed by atoms with Gasteiger partial charge in [0, 0.05) is 17.3 Å². The van der Waals surface area contributed by atoms with Gasteiger partial charge in [-0.05, 0) is 40.7 Å². The van der Waals surface area contributed by atoms with E-state index in [1.807, 2.05) is 36.5 Å². The maximum atomic E-state index is 10.8. The molecule has 2 aromatic carbocycles. The van der Waals surface area contributed by atoms with Crippen LogP contribution in [0, 0.1) is 0 Å². The zero-order valence-electron chi connectivity index (χ0n) is 16.3. The summed E-state index contributed by atoms with van der Waals surface area (Å²) < 4.78 is 1.14. The lowest BCUT2D eigenvalue weighted by molar-refractivity contribution is 0.423. The highest BCUT2D eigenvalue weighted by Gasteiger charge is 2.26. The quantitative estimate of drug-likeness (QED) is 0.537. The van der Waals surface area contributed by atoms with Crippen molar-refractivity contribution in [2.75, 3.05) is 0 Å². The Morgan fingerprint density at radius 3 is 2.08 bits per heavy atom. The van der Waals surface area contributed by atoms with E-state index in [9.17, 15) is 5.11 Å². The van der Waals surface area contributed by atoms with Gasteiger partial charge in [-0.15, -0.1) is 0 Å². The van der Waals surface area contributed by atoms with Gasteiger partial charge in [0.2, 0.25) is 5.13 Å². The first kappa shape index (κ1) is 18.6. The summed E-state index contributed by atoms with van der Waals surface area (Å²) in [6.45, 7) is 12.7. The SMILES string of the molecule is CC(C)(C)c1cc(C=Nc2nc3ccccc3s2)cc(C(C)(C)C)c1O. The van der Waals surface area contributed by atoms with Crippen LogP contribution < -0.4 is 0 Å². The van der Waals surface area contributed by atoms with Crippen LogP contribution in [0.15, 0.2) is 41.4 Å². The molecule has 0 amide bonds. The third-order valence-electron chi connectivity index (χ3n) is 4.35. The number of aromatic hydroxyl groups is 1. The number of para-hydroxylation sites is 1. The highest BCUT2D eigenvalue weighted by molar-refractivity contribution is 7.22. The van der Waals surface area contributed by atoms with Gasteiger partial charge in [-0.3, -0.25) is 0 Å². The minimum Gasteiger partial charge on any atom is -0.507 e. The summed E-state index contributed by atoms with van der Waals surface area (Å²) in [5, 5.41) is 11.6. The van der Waals surface area contributed by atoms with Crippen LogP contribution in [0.2, 0.25) is 0 Å². The number of benzene rings is 2. The molecule has 0 spiro atoms. The van der Waals surface area contributed by atoms with Crippen LogP contribution in [0.1, 0.15) is 58.2 Å². The molecule has 0 radical (unpaired) electrons. The molecule has 4 heteroatoms. The van der Waals surface area contributed by atoms with Crippen LogP contribution in [-0.4, -0.2) is 16.3 Å². The Kier molecular flexibility index (Phi) is 4.65. The molecule has 0 saturated heterocycles. The smallest absolute Gasteiger partial charge is 0.210 e. The van der Waals surface area contributed by atoms with Crippen molar-refractivity contribution in [2.24, 2.45) is 4.99 Å². The van der Waals surface area contributed by atoms with Gasteiger partial charge >= 0.3 is 0 Å². The second-order valence-corrected chi connectivity index (χ2v) is 9.70. The highest BCUT2D eigenvalue weighted by atomic mass is 32.1. The summed E-state index contributed by atoms with van der Waals surface area (Å²) in [4.78, 5) is 9.15. The topological polar surface area (TPSA) is 45.5 Å². The predicted molar refractivity (Wildman–Crippen MR) is 112 cm³/mol. The van der Waals surface area contributed by atoms with E-state index in [1.165, 1.54) is 0 Å². The van der Waals surface area contributed by atoms with Crippen molar-refractivity contribution in [1.29, 1.82) is 0 Å². The molecule has 0 bridgehead atoms. The van der Waals surface area contributed by atoms with Crippen molar-refractivity contribution in [3.05, 3.63) is 53.1 Å². The predicted octanol–water partition coefficient (Wildman–Crippen LogP) is 6.35. The van der Waals surface area contributed by atoms with Crippen LogP contribution >= 0.6 is 11.3 Å². The van der Waals surface area contributed by atoms with E-state index in [1.54, 1.807) is 11.3 Å². The number of phenols is 1. The van der Waals surface area contributed by atoms with Crippen LogP contribution in [-0.2, 0) is 10.8 Å². The van der Waals surface area contributed by atoms with E-state index in [0.717, 1.165) is 32.0 Å². The molecule has 136 valence electrons. The molecule has 0 fully saturated rings. The van der Waals surface area contributed by atoms with Gasteiger partial charge in [-0.1, -0.05) is 65.0 Å². The minimum atomic E-state index is -0.149. The van der Waals surface area contributed by atoms with Crippen LogP contribution in [0.25, 0.3) is 10.2 Å². The monoisotopic (exact) mass is 366 g/mol. The standard InChI is InChI=1S/C22H26N2OS/c1-21(2,3)15-11-14(12-16(19(15)25)22(4,5)6)13-23-20-24-17-9-7-8-10-18(17)26-20/h7-13,25H,1-6H3. The summed E-state index contributed by atoms with van der Waals surface area (Å²) >= 11 is 1.58. The van der Waals surface area contributed by atoms with Gasteiger partial charge in [0.25, 0.3) is 0 Å². The van der Waals surface area contributed by atoms with Crippen molar-refractivity contribution >= 4 is 32.9 Å². The van der Waals surface area contributed by atoms with Gasteiger partial charge in [0.1, 0.15) is 5.75 Å². The summed E-state index contributed by atoms with van der Waals surface area (Å²) in [5.41, 5.74) is 3.54. The highest BCUT2D eigenvalue weighted by Crippen LogP contribution is 2.39. The lowest BCUT2D eigenvalue weighted by atomic mass is 9.78. The lowest BCUT2D eigenvalue weighted by Gasteiger charge is -2.27. The molecule has 3 nitrogen and oxygen atoms in total. The second kappa shape index (κ2) is 6.51. The molecule has 3 aromatic rings. The van der Waals surface area contributed by atoms with Gasteiger partial charge in [-0.25, -0.2) is 9.98 Å². The molecule has 1 heterocycles. The molecule has 3 rings (SSSR count). The summed E-state index contributed by atoms with van der Waals surface area (Å²) in [6.07, 6.45) is 1.85. The van der Waals surface area contributed by atoms with E-state index in [0.29, 0.717) is 5.75 Å². The number of nitrogens with zero attached hydrogens (tertiary/aromatic N) is 2. The lowest BCUT2D eigenvalue weighted by Crippen LogP contribution is -2.17. The van der Waals surface area contributed by atoms with Gasteiger partial charge in [-0.2, -0.15) is 0 Å². The van der Waals surface area contributed by atoms with E-state index in [2.05, 4.69) is 57.6 Å². The number of thiazole rings is 1. The van der Waals surface area contributed by atoms with E-state index < -0.39 is 0 Å². The molecule has 0 aliphatic heterocycles. The van der Waals surface area contributed by atoms with Crippen molar-refractivity contribution < 1.29 is 5.11 Å². The number of aliphatic imine (C=N–C) groups is 1. The van der Waals surface area contributed by atoms with Crippen molar-refractivity contribution in [3.63, 3.8) is 0 Å². The molecular formula is C22H26N2OS. The maximum Gasteiger partial charge on any atom is 0.210 e. The first-order valence-electron chi connectivity index (χ1n) is 8.83. The molecule has 0 saturated carbocycles. The van der Waals surface area contributed by atoms with Crippen molar-refractivity contribution in [2.45, 2.75) is 52.4 Å². The molecule has 26 heavy (non-hydrogen) atoms.